The quantitative estimate of drug-likeness (QED) is 0.281. The highest BCUT2D eigenvalue weighted by atomic mass is 32.1. The fourth-order valence-corrected chi connectivity index (χ4v) is 2.72. The number of hydrogen-bond donors (Lipinski definition) is 2. The molecule has 5 nitrogen and oxygen atoms in total. The first-order valence-electron chi connectivity index (χ1n) is 9.49. The number of thiol groups is 2. The van der Waals surface area contributed by atoms with Gasteiger partial charge in [0.05, 0.1) is 46.2 Å². The van der Waals surface area contributed by atoms with Gasteiger partial charge in [0.1, 0.15) is 5.75 Å². The van der Waals surface area contributed by atoms with Crippen molar-refractivity contribution < 1.29 is 23.7 Å². The summed E-state index contributed by atoms with van der Waals surface area (Å²) in [5.74, 6) is 2.32. The van der Waals surface area contributed by atoms with E-state index < -0.39 is 0 Å². The molecule has 7 heteroatoms. The van der Waals surface area contributed by atoms with Gasteiger partial charge in [0, 0.05) is 25.2 Å². The standard InChI is InChI=1S/C20H34O5S2/c1-21-7-8-23-11-12-24-10-9-22-5-3-2-4-6-25-20-14-18(16-26)13-19(15-20)17-27/h13-15,26-27H,2-12,16-17H2,1H3. The molecule has 0 radical (unpaired) electrons. The SMILES string of the molecule is COCCOCCOCCOCCCCCOc1cc(CS)cc(CS)c1. The van der Waals surface area contributed by atoms with Gasteiger partial charge in [-0.2, -0.15) is 25.3 Å². The third-order valence-electron chi connectivity index (χ3n) is 3.77. The Kier molecular flexibility index (Phi) is 16.1. The molecule has 0 unspecified atom stereocenters. The molecule has 1 aromatic rings. The largest absolute Gasteiger partial charge is 0.494 e. The summed E-state index contributed by atoms with van der Waals surface area (Å²) in [6.45, 7) is 5.11. The Balaban J connectivity index is 1.91. The van der Waals surface area contributed by atoms with Crippen LogP contribution in [0.5, 0.6) is 5.75 Å². The van der Waals surface area contributed by atoms with Crippen LogP contribution in [0.2, 0.25) is 0 Å². The molecule has 156 valence electrons. The van der Waals surface area contributed by atoms with E-state index in [1.807, 2.05) is 12.1 Å². The van der Waals surface area contributed by atoms with E-state index in [0.29, 0.717) is 57.8 Å². The van der Waals surface area contributed by atoms with Crippen molar-refractivity contribution in [1.29, 1.82) is 0 Å². The molecule has 0 amide bonds. The Hall–Kier alpha value is -0.440. The second kappa shape index (κ2) is 17.6. The first kappa shape index (κ1) is 24.6. The highest BCUT2D eigenvalue weighted by Gasteiger charge is 2.01. The van der Waals surface area contributed by atoms with Crippen molar-refractivity contribution >= 4 is 25.3 Å². The number of unbranched alkanes of at least 4 members (excludes halogenated alkanes) is 2. The maximum absolute atomic E-state index is 5.85. The van der Waals surface area contributed by atoms with Crippen molar-refractivity contribution in [3.63, 3.8) is 0 Å². The van der Waals surface area contributed by atoms with Crippen LogP contribution in [0.1, 0.15) is 30.4 Å². The molecule has 1 rings (SSSR count). The molecule has 0 aliphatic heterocycles. The van der Waals surface area contributed by atoms with Crippen molar-refractivity contribution in [2.24, 2.45) is 0 Å². The van der Waals surface area contributed by atoms with Crippen molar-refractivity contribution in [3.05, 3.63) is 29.3 Å². The summed E-state index contributed by atoms with van der Waals surface area (Å²) in [5, 5.41) is 0. The van der Waals surface area contributed by atoms with Crippen LogP contribution < -0.4 is 4.74 Å². The molecule has 0 aromatic heterocycles. The zero-order valence-electron chi connectivity index (χ0n) is 16.4. The lowest BCUT2D eigenvalue weighted by Gasteiger charge is -2.10. The molecule has 0 saturated heterocycles. The van der Waals surface area contributed by atoms with Gasteiger partial charge in [-0.15, -0.1) is 0 Å². The molecule has 0 saturated carbocycles. The molecule has 0 bridgehead atoms. The smallest absolute Gasteiger partial charge is 0.119 e. The van der Waals surface area contributed by atoms with Crippen molar-refractivity contribution in [2.45, 2.75) is 30.8 Å². The minimum Gasteiger partial charge on any atom is -0.494 e. The summed E-state index contributed by atoms with van der Waals surface area (Å²) in [7, 11) is 1.66. The fraction of sp³-hybridized carbons (Fsp3) is 0.700. The van der Waals surface area contributed by atoms with Gasteiger partial charge in [0.2, 0.25) is 0 Å². The summed E-state index contributed by atoms with van der Waals surface area (Å²) < 4.78 is 27.0. The van der Waals surface area contributed by atoms with Crippen LogP contribution in [0.3, 0.4) is 0 Å². The molecule has 0 heterocycles. The molecule has 1 aromatic carbocycles. The summed E-state index contributed by atoms with van der Waals surface area (Å²) in [4.78, 5) is 0. The lowest BCUT2D eigenvalue weighted by molar-refractivity contribution is 0.00319. The van der Waals surface area contributed by atoms with Crippen molar-refractivity contribution in [1.82, 2.24) is 0 Å². The zero-order chi connectivity index (χ0) is 19.6. The number of hydrogen-bond acceptors (Lipinski definition) is 7. The van der Waals surface area contributed by atoms with Crippen LogP contribution in [-0.2, 0) is 30.5 Å². The van der Waals surface area contributed by atoms with Crippen LogP contribution in [0, 0.1) is 0 Å². The average Bonchev–Trinajstić information content (AvgIpc) is 2.70. The topological polar surface area (TPSA) is 46.2 Å². The molecule has 0 aliphatic rings. The van der Waals surface area contributed by atoms with E-state index in [1.54, 1.807) is 7.11 Å². The second-order valence-electron chi connectivity index (χ2n) is 6.04. The zero-order valence-corrected chi connectivity index (χ0v) is 18.1. The summed E-state index contributed by atoms with van der Waals surface area (Å²) >= 11 is 8.66. The van der Waals surface area contributed by atoms with E-state index in [2.05, 4.69) is 31.3 Å². The lowest BCUT2D eigenvalue weighted by Crippen LogP contribution is -2.11. The van der Waals surface area contributed by atoms with E-state index in [9.17, 15) is 0 Å². The number of benzene rings is 1. The van der Waals surface area contributed by atoms with Crippen molar-refractivity contribution in [2.75, 3.05) is 60.0 Å². The molecular weight excluding hydrogens is 384 g/mol. The first-order valence-corrected chi connectivity index (χ1v) is 10.8. The molecule has 0 atom stereocenters. The Morgan fingerprint density at radius 3 is 1.70 bits per heavy atom. The predicted octanol–water partition coefficient (Wildman–Crippen LogP) is 3.79. The van der Waals surface area contributed by atoms with Crippen LogP contribution in [0.4, 0.5) is 0 Å². The van der Waals surface area contributed by atoms with Crippen LogP contribution >= 0.6 is 25.3 Å². The molecule has 0 N–H and O–H groups in total. The number of ether oxygens (including phenoxy) is 5. The van der Waals surface area contributed by atoms with Gasteiger partial charge in [0.25, 0.3) is 0 Å². The summed E-state index contributed by atoms with van der Waals surface area (Å²) in [6.07, 6.45) is 3.13. The van der Waals surface area contributed by atoms with Gasteiger partial charge in [0.15, 0.2) is 0 Å². The normalized spacial score (nSPS) is 11.1. The van der Waals surface area contributed by atoms with E-state index in [4.69, 9.17) is 23.7 Å². The Labute approximate surface area is 174 Å². The predicted molar refractivity (Wildman–Crippen MR) is 116 cm³/mol. The number of methoxy groups -OCH3 is 1. The average molecular weight is 419 g/mol. The van der Waals surface area contributed by atoms with Crippen LogP contribution in [-0.4, -0.2) is 60.0 Å². The number of rotatable bonds is 18. The summed E-state index contributed by atoms with van der Waals surface area (Å²) in [5.41, 5.74) is 2.33. The minimum absolute atomic E-state index is 0.591. The third-order valence-corrected chi connectivity index (χ3v) is 4.50. The summed E-state index contributed by atoms with van der Waals surface area (Å²) in [6, 6.07) is 6.21. The Bertz CT molecular complexity index is 451. The van der Waals surface area contributed by atoms with Gasteiger partial charge in [-0.25, -0.2) is 0 Å². The van der Waals surface area contributed by atoms with E-state index >= 15 is 0 Å². The monoisotopic (exact) mass is 418 g/mol. The molecule has 0 fully saturated rings. The van der Waals surface area contributed by atoms with Crippen LogP contribution in [0.15, 0.2) is 18.2 Å². The second-order valence-corrected chi connectivity index (χ2v) is 6.67. The van der Waals surface area contributed by atoms with Gasteiger partial charge < -0.3 is 23.7 Å². The van der Waals surface area contributed by atoms with Gasteiger partial charge in [-0.3, -0.25) is 0 Å². The van der Waals surface area contributed by atoms with E-state index in [1.165, 1.54) is 0 Å². The molecule has 0 aliphatic carbocycles. The Morgan fingerprint density at radius 2 is 1.15 bits per heavy atom. The van der Waals surface area contributed by atoms with Gasteiger partial charge in [-0.05, 0) is 42.5 Å². The maximum Gasteiger partial charge on any atom is 0.119 e. The van der Waals surface area contributed by atoms with Gasteiger partial charge in [-0.1, -0.05) is 6.07 Å². The first-order chi connectivity index (χ1) is 13.3. The van der Waals surface area contributed by atoms with Crippen LogP contribution in [0.25, 0.3) is 0 Å². The third kappa shape index (κ3) is 13.4. The molecule has 0 spiro atoms. The van der Waals surface area contributed by atoms with Gasteiger partial charge >= 0.3 is 0 Å². The van der Waals surface area contributed by atoms with E-state index in [-0.39, 0.29) is 0 Å². The fourth-order valence-electron chi connectivity index (χ4n) is 2.35. The maximum atomic E-state index is 5.85. The highest BCUT2D eigenvalue weighted by Crippen LogP contribution is 2.20. The Morgan fingerprint density at radius 1 is 0.630 bits per heavy atom. The molecule has 27 heavy (non-hydrogen) atoms. The highest BCUT2D eigenvalue weighted by molar-refractivity contribution is 7.79. The van der Waals surface area contributed by atoms with E-state index in [0.717, 1.165) is 42.7 Å². The van der Waals surface area contributed by atoms with Crippen molar-refractivity contribution in [3.8, 4) is 5.75 Å². The lowest BCUT2D eigenvalue weighted by atomic mass is 10.1. The molecular formula is C20H34O5S2. The minimum atomic E-state index is 0.591.